The maximum Gasteiger partial charge on any atom is 0.0483 e. The molecule has 0 spiro atoms. The standard InChI is InChI=1S/C3H7N.C3H8O/c1-2-4-3-1;1-3(2)4/h4H,1-3H2;3-4H,1-2H3. The first-order valence-corrected chi connectivity index (χ1v) is 3.12. The Kier molecular flexibility index (Phi) is 5.01. The van der Waals surface area contributed by atoms with Gasteiger partial charge in [0, 0.05) is 6.10 Å². The van der Waals surface area contributed by atoms with Crippen molar-refractivity contribution in [3.63, 3.8) is 0 Å². The third kappa shape index (κ3) is 9.33. The molecule has 0 atom stereocenters. The highest BCUT2D eigenvalue weighted by Crippen LogP contribution is 1.80. The molecule has 0 aromatic heterocycles. The van der Waals surface area contributed by atoms with Crippen LogP contribution in [0, 0.1) is 0 Å². The van der Waals surface area contributed by atoms with Crippen LogP contribution in [0.4, 0.5) is 0 Å². The van der Waals surface area contributed by atoms with Gasteiger partial charge in [-0.25, -0.2) is 0 Å². The van der Waals surface area contributed by atoms with Crippen molar-refractivity contribution in [2.45, 2.75) is 26.4 Å². The second-order valence-electron chi connectivity index (χ2n) is 2.20. The lowest BCUT2D eigenvalue weighted by Gasteiger charge is -2.09. The molecule has 0 aliphatic carbocycles. The van der Waals surface area contributed by atoms with E-state index >= 15 is 0 Å². The molecule has 0 saturated carbocycles. The van der Waals surface area contributed by atoms with E-state index in [0.717, 1.165) is 0 Å². The average molecular weight is 117 g/mol. The monoisotopic (exact) mass is 117 g/mol. The summed E-state index contributed by atoms with van der Waals surface area (Å²) >= 11 is 0. The molecule has 50 valence electrons. The average Bonchev–Trinajstić information content (AvgIpc) is 1.19. The van der Waals surface area contributed by atoms with Gasteiger partial charge in [0.1, 0.15) is 0 Å². The van der Waals surface area contributed by atoms with Gasteiger partial charge in [-0.05, 0) is 33.4 Å². The van der Waals surface area contributed by atoms with Gasteiger partial charge in [0.15, 0.2) is 0 Å². The van der Waals surface area contributed by atoms with Crippen molar-refractivity contribution in [2.24, 2.45) is 0 Å². The Morgan fingerprint density at radius 1 is 1.38 bits per heavy atom. The summed E-state index contributed by atoms with van der Waals surface area (Å²) in [6.45, 7) is 5.94. The zero-order valence-corrected chi connectivity index (χ0v) is 5.65. The SMILES string of the molecule is C1CNC1.CC(C)O. The smallest absolute Gasteiger partial charge is 0.0483 e. The van der Waals surface area contributed by atoms with E-state index in [-0.39, 0.29) is 6.10 Å². The summed E-state index contributed by atoms with van der Waals surface area (Å²) in [5.41, 5.74) is 0. The van der Waals surface area contributed by atoms with E-state index in [9.17, 15) is 0 Å². The van der Waals surface area contributed by atoms with Crippen LogP contribution in [-0.4, -0.2) is 24.3 Å². The minimum atomic E-state index is -0.167. The molecule has 1 saturated heterocycles. The Morgan fingerprint density at radius 2 is 1.50 bits per heavy atom. The van der Waals surface area contributed by atoms with Gasteiger partial charge in [-0.15, -0.1) is 0 Å². The molecule has 1 rings (SSSR count). The first kappa shape index (κ1) is 7.92. The van der Waals surface area contributed by atoms with Gasteiger partial charge in [-0.1, -0.05) is 0 Å². The molecule has 2 N–H and O–H groups in total. The molecule has 0 radical (unpaired) electrons. The maximum atomic E-state index is 8.06. The molecule has 1 aliphatic rings. The van der Waals surface area contributed by atoms with E-state index in [1.54, 1.807) is 13.8 Å². The first-order valence-electron chi connectivity index (χ1n) is 3.12. The molecule has 0 aromatic rings. The van der Waals surface area contributed by atoms with Crippen LogP contribution in [0.2, 0.25) is 0 Å². The lowest BCUT2D eigenvalue weighted by Crippen LogP contribution is -2.29. The summed E-state index contributed by atoms with van der Waals surface area (Å²) in [6.07, 6.45) is 1.22. The highest BCUT2D eigenvalue weighted by atomic mass is 16.3. The molecule has 8 heavy (non-hydrogen) atoms. The van der Waals surface area contributed by atoms with Crippen molar-refractivity contribution >= 4 is 0 Å². The van der Waals surface area contributed by atoms with Crippen molar-refractivity contribution in [3.05, 3.63) is 0 Å². The first-order chi connectivity index (χ1) is 3.73. The van der Waals surface area contributed by atoms with Crippen molar-refractivity contribution in [1.82, 2.24) is 5.32 Å². The van der Waals surface area contributed by atoms with Gasteiger partial charge in [-0.2, -0.15) is 0 Å². The third-order valence-electron chi connectivity index (χ3n) is 0.707. The van der Waals surface area contributed by atoms with Gasteiger partial charge in [0.2, 0.25) is 0 Å². The fraction of sp³-hybridized carbons (Fsp3) is 1.00. The van der Waals surface area contributed by atoms with Crippen molar-refractivity contribution in [3.8, 4) is 0 Å². The van der Waals surface area contributed by atoms with E-state index in [0.29, 0.717) is 0 Å². The molecule has 2 nitrogen and oxygen atoms in total. The highest BCUT2D eigenvalue weighted by Gasteiger charge is 1.92. The summed E-state index contributed by atoms with van der Waals surface area (Å²) in [6, 6.07) is 0. The minimum absolute atomic E-state index is 0.167. The molecule has 1 aliphatic heterocycles. The lowest BCUT2D eigenvalue weighted by molar-refractivity contribution is 0.216. The van der Waals surface area contributed by atoms with E-state index in [1.807, 2.05) is 0 Å². The van der Waals surface area contributed by atoms with E-state index in [2.05, 4.69) is 5.32 Å². The third-order valence-corrected chi connectivity index (χ3v) is 0.707. The molecule has 0 bridgehead atoms. The van der Waals surface area contributed by atoms with Crippen LogP contribution in [0.5, 0.6) is 0 Å². The topological polar surface area (TPSA) is 32.3 Å². The van der Waals surface area contributed by atoms with Crippen LogP contribution in [0.1, 0.15) is 20.3 Å². The van der Waals surface area contributed by atoms with Crippen LogP contribution in [-0.2, 0) is 0 Å². The number of nitrogens with one attached hydrogen (secondary N) is 1. The number of rotatable bonds is 0. The molecule has 1 heterocycles. The zero-order chi connectivity index (χ0) is 6.41. The van der Waals surface area contributed by atoms with Crippen LogP contribution < -0.4 is 5.32 Å². The quantitative estimate of drug-likeness (QED) is 0.480. The molecule has 0 amide bonds. The lowest BCUT2D eigenvalue weighted by atomic mass is 10.3. The minimum Gasteiger partial charge on any atom is -0.394 e. The largest absolute Gasteiger partial charge is 0.394 e. The summed E-state index contributed by atoms with van der Waals surface area (Å²) in [5, 5.41) is 11.2. The van der Waals surface area contributed by atoms with Crippen molar-refractivity contribution < 1.29 is 5.11 Å². The van der Waals surface area contributed by atoms with Gasteiger partial charge < -0.3 is 10.4 Å². The zero-order valence-electron chi connectivity index (χ0n) is 5.65. The van der Waals surface area contributed by atoms with Crippen LogP contribution in [0.15, 0.2) is 0 Å². The van der Waals surface area contributed by atoms with E-state index < -0.39 is 0 Å². The van der Waals surface area contributed by atoms with Gasteiger partial charge in [-0.3, -0.25) is 0 Å². The summed E-state index contributed by atoms with van der Waals surface area (Å²) in [7, 11) is 0. The molecular weight excluding hydrogens is 102 g/mol. The fourth-order valence-electron chi connectivity index (χ4n) is 0.177. The summed E-state index contributed by atoms with van der Waals surface area (Å²) < 4.78 is 0. The Hall–Kier alpha value is -0.0800. The Morgan fingerprint density at radius 3 is 1.50 bits per heavy atom. The molecule has 1 fully saturated rings. The van der Waals surface area contributed by atoms with E-state index in [1.165, 1.54) is 19.5 Å². The predicted molar refractivity (Wildman–Crippen MR) is 34.8 cm³/mol. The molecular formula is C6H15NO. The summed E-state index contributed by atoms with van der Waals surface area (Å²) in [5.74, 6) is 0. The maximum absolute atomic E-state index is 8.06. The van der Waals surface area contributed by atoms with Gasteiger partial charge >= 0.3 is 0 Å². The summed E-state index contributed by atoms with van der Waals surface area (Å²) in [4.78, 5) is 0. The number of hydrogen-bond donors (Lipinski definition) is 2. The predicted octanol–water partition coefficient (Wildman–Crippen LogP) is 0.367. The van der Waals surface area contributed by atoms with Gasteiger partial charge in [0.25, 0.3) is 0 Å². The normalized spacial score (nSPS) is 16.5. The van der Waals surface area contributed by atoms with Crippen molar-refractivity contribution in [1.29, 1.82) is 0 Å². The number of aliphatic hydroxyl groups is 1. The fourth-order valence-corrected chi connectivity index (χ4v) is 0.177. The van der Waals surface area contributed by atoms with Gasteiger partial charge in [0.05, 0.1) is 0 Å². The highest BCUT2D eigenvalue weighted by molar-refractivity contribution is 4.56. The number of hydrogen-bond acceptors (Lipinski definition) is 2. The second-order valence-corrected chi connectivity index (χ2v) is 2.20. The Bertz CT molecular complexity index is 35.0. The molecule has 0 unspecified atom stereocenters. The molecule has 2 heteroatoms. The van der Waals surface area contributed by atoms with Crippen LogP contribution >= 0.6 is 0 Å². The number of aliphatic hydroxyl groups excluding tert-OH is 1. The van der Waals surface area contributed by atoms with E-state index in [4.69, 9.17) is 5.11 Å². The van der Waals surface area contributed by atoms with Crippen LogP contribution in [0.3, 0.4) is 0 Å². The Labute approximate surface area is 50.9 Å². The van der Waals surface area contributed by atoms with Crippen LogP contribution in [0.25, 0.3) is 0 Å². The van der Waals surface area contributed by atoms with Crippen molar-refractivity contribution in [2.75, 3.05) is 13.1 Å². The molecule has 0 aromatic carbocycles. The Balaban J connectivity index is 0.000000122. The second kappa shape index (κ2) is 5.06.